The number of hydrogen-bond donors (Lipinski definition) is 2. The lowest BCUT2D eigenvalue weighted by atomic mass is 9.98. The first-order chi connectivity index (χ1) is 16.0. The molecule has 2 aromatic heterocycles. The maximum atomic E-state index is 14.5. The van der Waals surface area contributed by atoms with Crippen LogP contribution in [0.3, 0.4) is 0 Å². The second-order valence-corrected chi connectivity index (χ2v) is 9.37. The first-order valence-electron chi connectivity index (χ1n) is 11.5. The lowest BCUT2D eigenvalue weighted by Crippen LogP contribution is -2.30. The minimum Gasteiger partial charge on any atom is -0.423 e. The summed E-state index contributed by atoms with van der Waals surface area (Å²) in [5.41, 5.74) is 11.7. The van der Waals surface area contributed by atoms with Gasteiger partial charge in [-0.3, -0.25) is 4.98 Å². The van der Waals surface area contributed by atoms with Crippen molar-refractivity contribution in [2.45, 2.75) is 32.2 Å². The van der Waals surface area contributed by atoms with Crippen molar-refractivity contribution in [3.8, 4) is 22.9 Å². The van der Waals surface area contributed by atoms with E-state index in [0.29, 0.717) is 24.0 Å². The minimum absolute atomic E-state index is 0.227. The number of nitrogens with zero attached hydrogens (tertiary/aromatic N) is 4. The van der Waals surface area contributed by atoms with Crippen LogP contribution in [0.15, 0.2) is 30.5 Å². The molecule has 0 unspecified atom stereocenters. The molecule has 7 nitrogen and oxygen atoms in total. The summed E-state index contributed by atoms with van der Waals surface area (Å²) < 4.78 is 20.5. The maximum absolute atomic E-state index is 14.5. The van der Waals surface area contributed by atoms with Gasteiger partial charge < -0.3 is 20.7 Å². The summed E-state index contributed by atoms with van der Waals surface area (Å²) in [7, 11) is 1.81. The molecule has 8 heteroatoms. The number of fused-ring (bicyclic) bond motifs is 4. The minimum atomic E-state index is -0.275. The number of halogens is 1. The molecule has 2 aliphatic carbocycles. The number of benzene rings is 1. The Morgan fingerprint density at radius 2 is 2.06 bits per heavy atom. The first-order valence-corrected chi connectivity index (χ1v) is 11.5. The number of ether oxygens (including phenoxy) is 1. The molecule has 33 heavy (non-hydrogen) atoms. The van der Waals surface area contributed by atoms with Crippen LogP contribution in [0.1, 0.15) is 29.8 Å². The Labute approximate surface area is 192 Å². The van der Waals surface area contributed by atoms with E-state index >= 15 is 0 Å². The molecular weight excluding hydrogens is 419 g/mol. The first kappa shape index (κ1) is 20.4. The highest BCUT2D eigenvalue weighted by atomic mass is 19.1. The van der Waals surface area contributed by atoms with E-state index < -0.39 is 0 Å². The molecule has 3 aliphatic rings. The van der Waals surface area contributed by atoms with Gasteiger partial charge >= 0.3 is 6.01 Å². The van der Waals surface area contributed by atoms with E-state index in [0.717, 1.165) is 65.5 Å². The largest absolute Gasteiger partial charge is 0.423 e. The topological polar surface area (TPSA) is 89.2 Å². The van der Waals surface area contributed by atoms with Crippen LogP contribution in [-0.2, 0) is 6.42 Å². The van der Waals surface area contributed by atoms with Gasteiger partial charge in [0.2, 0.25) is 0 Å². The second-order valence-electron chi connectivity index (χ2n) is 9.37. The number of aryl methyl sites for hydroxylation is 1. The molecule has 1 aliphatic heterocycles. The van der Waals surface area contributed by atoms with Crippen LogP contribution in [0, 0.1) is 24.6 Å². The van der Waals surface area contributed by atoms with Gasteiger partial charge in [0.1, 0.15) is 17.4 Å². The van der Waals surface area contributed by atoms with Gasteiger partial charge in [-0.05, 0) is 67.0 Å². The number of nitrogens with one attached hydrogen (secondary N) is 1. The smallest absolute Gasteiger partial charge is 0.324 e. The zero-order valence-corrected chi connectivity index (χ0v) is 18.8. The molecule has 0 spiro atoms. The summed E-state index contributed by atoms with van der Waals surface area (Å²) in [5.74, 6) is 2.15. The van der Waals surface area contributed by atoms with Gasteiger partial charge in [-0.25, -0.2) is 4.39 Å². The molecule has 0 amide bonds. The van der Waals surface area contributed by atoms with Crippen molar-refractivity contribution in [3.63, 3.8) is 0 Å². The molecule has 2 fully saturated rings. The number of nitrogens with two attached hydrogens (primary N) is 1. The van der Waals surface area contributed by atoms with E-state index in [1.165, 1.54) is 6.07 Å². The van der Waals surface area contributed by atoms with Crippen molar-refractivity contribution in [1.82, 2.24) is 15.0 Å². The van der Waals surface area contributed by atoms with Gasteiger partial charge in [-0.1, -0.05) is 0 Å². The predicted octanol–water partition coefficient (Wildman–Crippen LogP) is 3.90. The highest BCUT2D eigenvalue weighted by molar-refractivity contribution is 5.88. The van der Waals surface area contributed by atoms with E-state index in [9.17, 15) is 4.39 Å². The highest BCUT2D eigenvalue weighted by Crippen LogP contribution is 2.48. The molecule has 170 valence electrons. The van der Waals surface area contributed by atoms with Crippen LogP contribution in [0.4, 0.5) is 15.9 Å². The van der Waals surface area contributed by atoms with E-state index in [2.05, 4.69) is 15.2 Å². The number of anilines is 2. The van der Waals surface area contributed by atoms with Crippen molar-refractivity contribution in [2.75, 3.05) is 30.4 Å². The standard InChI is InChI=1S/C25H27FN6O/c1-13-3-5-16(10-29-13)33-25-30-22-9-17-18(7-15(26)8-21(17)28-2)23(22)24(31-25)32-11-14-4-6-20(27)19(14)12-32/h3,5,7-8,10,14,19-20,28H,4,6,9,11-12,27H2,1-2H3/t14-,19+,20-/m1/s1. The molecule has 1 saturated heterocycles. The Kier molecular flexibility index (Phi) is 4.72. The van der Waals surface area contributed by atoms with Gasteiger partial charge in [0, 0.05) is 49.5 Å². The van der Waals surface area contributed by atoms with Crippen LogP contribution in [0.5, 0.6) is 11.8 Å². The summed E-state index contributed by atoms with van der Waals surface area (Å²) in [6.07, 6.45) is 4.50. The van der Waals surface area contributed by atoms with Crippen molar-refractivity contribution < 1.29 is 9.13 Å². The normalized spacial score (nSPS) is 22.8. The number of hydrogen-bond acceptors (Lipinski definition) is 7. The van der Waals surface area contributed by atoms with Crippen LogP contribution < -0.4 is 20.7 Å². The average Bonchev–Trinajstić information content (AvgIpc) is 3.48. The molecule has 3 atom stereocenters. The summed E-state index contributed by atoms with van der Waals surface area (Å²) >= 11 is 0. The van der Waals surface area contributed by atoms with E-state index in [1.54, 1.807) is 12.3 Å². The Morgan fingerprint density at radius 1 is 1.18 bits per heavy atom. The van der Waals surface area contributed by atoms with E-state index in [1.807, 2.05) is 26.1 Å². The molecule has 3 aromatic rings. The van der Waals surface area contributed by atoms with Gasteiger partial charge in [-0.2, -0.15) is 9.97 Å². The SMILES string of the molecule is CNc1cc(F)cc2c1Cc1nc(Oc3ccc(C)nc3)nc(N3C[C@H]4CC[C@@H](N)[C@H]4C3)c1-2. The monoisotopic (exact) mass is 446 g/mol. The Balaban J connectivity index is 1.45. The Bertz CT molecular complexity index is 1230. The molecular formula is C25H27FN6O. The average molecular weight is 447 g/mol. The van der Waals surface area contributed by atoms with Crippen molar-refractivity contribution in [2.24, 2.45) is 17.6 Å². The van der Waals surface area contributed by atoms with Crippen LogP contribution in [0.2, 0.25) is 0 Å². The molecule has 1 saturated carbocycles. The van der Waals surface area contributed by atoms with Gasteiger partial charge in [0.05, 0.1) is 11.9 Å². The summed E-state index contributed by atoms with van der Waals surface area (Å²) in [5, 5.41) is 3.13. The fourth-order valence-corrected chi connectivity index (χ4v) is 5.69. The number of aromatic nitrogens is 3. The zero-order chi connectivity index (χ0) is 22.7. The molecule has 3 heterocycles. The number of pyridine rings is 1. The van der Waals surface area contributed by atoms with Crippen LogP contribution in [-0.4, -0.2) is 41.1 Å². The molecule has 0 bridgehead atoms. The summed E-state index contributed by atoms with van der Waals surface area (Å²) in [6.45, 7) is 3.68. The summed E-state index contributed by atoms with van der Waals surface area (Å²) in [4.78, 5) is 16.2. The fourth-order valence-electron chi connectivity index (χ4n) is 5.69. The van der Waals surface area contributed by atoms with Crippen molar-refractivity contribution in [3.05, 3.63) is 53.2 Å². The Hall–Kier alpha value is -3.26. The molecule has 0 radical (unpaired) electrons. The van der Waals surface area contributed by atoms with E-state index in [4.69, 9.17) is 20.4 Å². The van der Waals surface area contributed by atoms with E-state index in [-0.39, 0.29) is 17.9 Å². The van der Waals surface area contributed by atoms with Crippen molar-refractivity contribution >= 4 is 11.5 Å². The van der Waals surface area contributed by atoms with Crippen LogP contribution in [0.25, 0.3) is 11.1 Å². The third-order valence-electron chi connectivity index (χ3n) is 7.35. The zero-order valence-electron chi connectivity index (χ0n) is 18.8. The fraction of sp³-hybridized carbons (Fsp3) is 0.400. The molecule has 3 N–H and O–H groups in total. The molecule has 1 aromatic carbocycles. The summed E-state index contributed by atoms with van der Waals surface area (Å²) in [6, 6.07) is 7.40. The maximum Gasteiger partial charge on any atom is 0.324 e. The van der Waals surface area contributed by atoms with Crippen molar-refractivity contribution in [1.29, 1.82) is 0 Å². The third-order valence-corrected chi connectivity index (χ3v) is 7.35. The molecule has 6 rings (SSSR count). The predicted molar refractivity (Wildman–Crippen MR) is 125 cm³/mol. The second kappa shape index (κ2) is 7.66. The quantitative estimate of drug-likeness (QED) is 0.491. The van der Waals surface area contributed by atoms with Gasteiger partial charge in [0.25, 0.3) is 0 Å². The lowest BCUT2D eigenvalue weighted by Gasteiger charge is -2.23. The van der Waals surface area contributed by atoms with Gasteiger partial charge in [0.15, 0.2) is 0 Å². The van der Waals surface area contributed by atoms with Gasteiger partial charge in [-0.15, -0.1) is 0 Å². The van der Waals surface area contributed by atoms with Crippen LogP contribution >= 0.6 is 0 Å². The third kappa shape index (κ3) is 3.40. The lowest BCUT2D eigenvalue weighted by molar-refractivity contribution is 0.438. The Morgan fingerprint density at radius 3 is 2.82 bits per heavy atom. The number of rotatable bonds is 4. The highest BCUT2D eigenvalue weighted by Gasteiger charge is 2.43.